The molecule has 0 radical (unpaired) electrons. The van der Waals surface area contributed by atoms with E-state index in [1.165, 1.54) is 26.8 Å². The van der Waals surface area contributed by atoms with Gasteiger partial charge in [0.15, 0.2) is 16.4 Å². The molecule has 0 bridgehead atoms. The highest BCUT2D eigenvalue weighted by Crippen LogP contribution is 2.38. The highest BCUT2D eigenvalue weighted by Gasteiger charge is 2.49. The van der Waals surface area contributed by atoms with Gasteiger partial charge in [0, 0.05) is 5.56 Å². The lowest BCUT2D eigenvalue weighted by Gasteiger charge is -2.37. The molecule has 2 aromatic heterocycles. The van der Waals surface area contributed by atoms with Gasteiger partial charge >= 0.3 is 6.18 Å². The number of nitrogens with zero attached hydrogens (tertiary/aromatic N) is 4. The van der Waals surface area contributed by atoms with E-state index in [0.717, 1.165) is 18.6 Å². The summed E-state index contributed by atoms with van der Waals surface area (Å²) in [7, 11) is -3.82. The topological polar surface area (TPSA) is 150 Å². The summed E-state index contributed by atoms with van der Waals surface area (Å²) in [6.07, 6.45) is -1.85. The maximum Gasteiger partial charge on any atom is 0.422 e. The first-order valence-corrected chi connectivity index (χ1v) is 11.3. The molecule has 10 nitrogen and oxygen atoms in total. The molecule has 1 aliphatic rings. The number of aliphatic imine (C=N–C) groups is 1. The number of ether oxygens (including phenoxy) is 1. The number of aromatic nitrogens is 3. The van der Waals surface area contributed by atoms with Gasteiger partial charge in [-0.25, -0.2) is 23.4 Å². The molecule has 1 atom stereocenters. The SMILES string of the molecule is CC1(C)C(N)=N[C@](C)(c2cc(NC(=O)c3cnc(OCC(F)(F)F)cn3)cnc2F)CS1(=O)=O. The summed E-state index contributed by atoms with van der Waals surface area (Å²) >= 11 is 0. The Kier molecular flexibility index (Phi) is 6.28. The van der Waals surface area contributed by atoms with Crippen molar-refractivity contribution in [2.45, 2.75) is 37.2 Å². The third-order valence-electron chi connectivity index (χ3n) is 5.15. The number of carbonyl (C=O) groups excluding carboxylic acids is 1. The number of sulfone groups is 1. The maximum absolute atomic E-state index is 14.6. The molecule has 0 saturated carbocycles. The van der Waals surface area contributed by atoms with Crippen molar-refractivity contribution in [3.8, 4) is 5.88 Å². The monoisotopic (exact) mass is 504 g/mol. The van der Waals surface area contributed by atoms with Crippen LogP contribution in [-0.4, -0.2) is 58.4 Å². The predicted octanol–water partition coefficient (Wildman–Crippen LogP) is 1.98. The van der Waals surface area contributed by atoms with Crippen molar-refractivity contribution in [3.05, 3.63) is 41.9 Å². The van der Waals surface area contributed by atoms with Crippen LogP contribution in [-0.2, 0) is 15.4 Å². The first-order chi connectivity index (χ1) is 15.5. The van der Waals surface area contributed by atoms with Gasteiger partial charge in [-0.15, -0.1) is 0 Å². The van der Waals surface area contributed by atoms with Gasteiger partial charge in [-0.1, -0.05) is 0 Å². The van der Waals surface area contributed by atoms with Crippen LogP contribution in [0.4, 0.5) is 23.2 Å². The average molecular weight is 504 g/mol. The highest BCUT2D eigenvalue weighted by molar-refractivity contribution is 7.93. The lowest BCUT2D eigenvalue weighted by atomic mass is 9.94. The number of hydrogen-bond donors (Lipinski definition) is 2. The van der Waals surface area contributed by atoms with Crippen LogP contribution in [0.25, 0.3) is 0 Å². The van der Waals surface area contributed by atoms with E-state index >= 15 is 0 Å². The fraction of sp³-hybridized carbons (Fsp3) is 0.421. The zero-order chi connectivity index (χ0) is 25.5. The number of halogens is 4. The molecule has 184 valence electrons. The summed E-state index contributed by atoms with van der Waals surface area (Å²) in [6.45, 7) is 2.60. The Morgan fingerprint density at radius 1 is 1.18 bits per heavy atom. The van der Waals surface area contributed by atoms with E-state index in [4.69, 9.17) is 5.73 Å². The van der Waals surface area contributed by atoms with Crippen molar-refractivity contribution in [2.24, 2.45) is 10.7 Å². The molecule has 0 saturated heterocycles. The van der Waals surface area contributed by atoms with Gasteiger partial charge in [-0.3, -0.25) is 9.79 Å². The van der Waals surface area contributed by atoms with E-state index in [1.54, 1.807) is 0 Å². The van der Waals surface area contributed by atoms with E-state index in [2.05, 4.69) is 30.0 Å². The molecule has 3 heterocycles. The Morgan fingerprint density at radius 2 is 1.85 bits per heavy atom. The van der Waals surface area contributed by atoms with Gasteiger partial charge in [0.2, 0.25) is 11.8 Å². The van der Waals surface area contributed by atoms with Crippen LogP contribution < -0.4 is 15.8 Å². The van der Waals surface area contributed by atoms with Crippen LogP contribution in [0.2, 0.25) is 0 Å². The van der Waals surface area contributed by atoms with Crippen molar-refractivity contribution in [3.63, 3.8) is 0 Å². The molecule has 0 spiro atoms. The summed E-state index contributed by atoms with van der Waals surface area (Å²) in [5.41, 5.74) is 3.76. The van der Waals surface area contributed by atoms with Gasteiger partial charge in [0.05, 0.1) is 30.0 Å². The molecule has 0 fully saturated rings. The van der Waals surface area contributed by atoms with Crippen LogP contribution in [0.15, 0.2) is 29.6 Å². The van der Waals surface area contributed by atoms with E-state index in [-0.39, 0.29) is 22.8 Å². The minimum atomic E-state index is -4.57. The number of nitrogens with one attached hydrogen (secondary N) is 1. The zero-order valence-electron chi connectivity index (χ0n) is 18.1. The second-order valence-electron chi connectivity index (χ2n) is 8.20. The van der Waals surface area contributed by atoms with Gasteiger partial charge < -0.3 is 15.8 Å². The van der Waals surface area contributed by atoms with E-state index in [0.29, 0.717) is 0 Å². The molecule has 3 N–H and O–H groups in total. The number of amidine groups is 1. The number of carbonyl (C=O) groups is 1. The molecular weight excluding hydrogens is 484 g/mol. The number of rotatable bonds is 5. The number of amides is 1. The predicted molar refractivity (Wildman–Crippen MR) is 113 cm³/mol. The van der Waals surface area contributed by atoms with Gasteiger partial charge in [-0.2, -0.15) is 17.6 Å². The van der Waals surface area contributed by atoms with Crippen molar-refractivity contribution in [1.82, 2.24) is 15.0 Å². The zero-order valence-corrected chi connectivity index (χ0v) is 19.0. The quantitative estimate of drug-likeness (QED) is 0.464. The third-order valence-corrected chi connectivity index (χ3v) is 7.86. The Morgan fingerprint density at radius 3 is 2.41 bits per heavy atom. The largest absolute Gasteiger partial charge is 0.467 e. The summed E-state index contributed by atoms with van der Waals surface area (Å²) in [5.74, 6) is -3.02. The number of anilines is 1. The highest BCUT2D eigenvalue weighted by atomic mass is 32.2. The lowest BCUT2D eigenvalue weighted by Crippen LogP contribution is -2.55. The van der Waals surface area contributed by atoms with Gasteiger partial charge in [-0.05, 0) is 26.8 Å². The average Bonchev–Trinajstić information content (AvgIpc) is 2.71. The maximum atomic E-state index is 14.6. The molecule has 0 aliphatic carbocycles. The van der Waals surface area contributed by atoms with Crippen molar-refractivity contribution in [1.29, 1.82) is 0 Å². The minimum absolute atomic E-state index is 0.0159. The molecule has 0 aromatic carbocycles. The summed E-state index contributed by atoms with van der Waals surface area (Å²) in [6, 6.07) is 1.17. The second-order valence-corrected chi connectivity index (χ2v) is 10.7. The van der Waals surface area contributed by atoms with Crippen molar-refractivity contribution in [2.75, 3.05) is 17.7 Å². The van der Waals surface area contributed by atoms with Crippen LogP contribution in [0, 0.1) is 5.95 Å². The Hall–Kier alpha value is -3.36. The molecule has 3 rings (SSSR count). The third kappa shape index (κ3) is 5.08. The molecule has 2 aromatic rings. The Labute approximate surface area is 191 Å². The van der Waals surface area contributed by atoms with Crippen LogP contribution in [0.3, 0.4) is 0 Å². The number of alkyl halides is 3. The van der Waals surface area contributed by atoms with Crippen LogP contribution in [0.1, 0.15) is 36.8 Å². The summed E-state index contributed by atoms with van der Waals surface area (Å²) in [4.78, 5) is 27.5. The lowest BCUT2D eigenvalue weighted by molar-refractivity contribution is -0.154. The molecule has 1 aliphatic heterocycles. The second kappa shape index (κ2) is 8.45. The number of pyridine rings is 1. The number of nitrogens with two attached hydrogens (primary N) is 1. The summed E-state index contributed by atoms with van der Waals surface area (Å²) < 4.78 is 79.6. The van der Waals surface area contributed by atoms with E-state index < -0.39 is 56.4 Å². The molecule has 0 unspecified atom stereocenters. The van der Waals surface area contributed by atoms with Gasteiger partial charge in [0.1, 0.15) is 21.8 Å². The standard InChI is InChI=1S/C19H20F4N6O4S/c1-17(2)16(24)29-18(3,9-34(17,31)32)11-4-10(5-27-14(11)20)28-15(30)12-6-26-13(7-25-12)33-8-19(21,22)23/h4-7H,8-9H2,1-3H3,(H2,24,29)(H,28,30)/t18-/m0/s1. The fourth-order valence-corrected chi connectivity index (χ4v) is 4.72. The Bertz CT molecular complexity index is 1250. The fourth-order valence-electron chi connectivity index (χ4n) is 3.03. The van der Waals surface area contributed by atoms with E-state index in [1.807, 2.05) is 0 Å². The van der Waals surface area contributed by atoms with Crippen molar-refractivity contribution >= 4 is 27.3 Å². The van der Waals surface area contributed by atoms with Crippen LogP contribution in [0.5, 0.6) is 5.88 Å². The first-order valence-electron chi connectivity index (χ1n) is 9.61. The minimum Gasteiger partial charge on any atom is -0.467 e. The molecule has 34 heavy (non-hydrogen) atoms. The molecule has 15 heteroatoms. The molecule has 1 amide bonds. The first kappa shape index (κ1) is 25.3. The van der Waals surface area contributed by atoms with Crippen LogP contribution >= 0.6 is 0 Å². The van der Waals surface area contributed by atoms with Crippen molar-refractivity contribution < 1.29 is 35.5 Å². The summed E-state index contributed by atoms with van der Waals surface area (Å²) in [5, 5.41) is 2.39. The normalized spacial score (nSPS) is 21.4. The number of hydrogen-bond acceptors (Lipinski definition) is 9. The van der Waals surface area contributed by atoms with Gasteiger partial charge in [0.25, 0.3) is 5.91 Å². The smallest absolute Gasteiger partial charge is 0.422 e. The molecular formula is C19H20F4N6O4S. The van der Waals surface area contributed by atoms with E-state index in [9.17, 15) is 30.8 Å². The Balaban J connectivity index is 1.83.